The van der Waals surface area contributed by atoms with Gasteiger partial charge in [-0.1, -0.05) is 0 Å². The average Bonchev–Trinajstić information content (AvgIpc) is 2.34. The molecule has 0 saturated heterocycles. The number of rotatable bonds is 3. The van der Waals surface area contributed by atoms with E-state index >= 15 is 0 Å². The van der Waals surface area contributed by atoms with Crippen molar-refractivity contribution < 1.29 is 13.9 Å². The Morgan fingerprint density at radius 2 is 2.11 bits per heavy atom. The van der Waals surface area contributed by atoms with Crippen LogP contribution in [0.15, 0.2) is 30.5 Å². The zero-order valence-electron chi connectivity index (χ0n) is 10.2. The molecule has 1 amide bonds. The maximum absolute atomic E-state index is 13.7. The van der Waals surface area contributed by atoms with E-state index < -0.39 is 11.7 Å². The number of halogens is 1. The fourth-order valence-corrected chi connectivity index (χ4v) is 1.50. The van der Waals surface area contributed by atoms with Gasteiger partial charge in [0.15, 0.2) is 11.6 Å². The smallest absolute Gasteiger partial charge is 0.250 e. The van der Waals surface area contributed by atoms with Crippen LogP contribution in [0.1, 0.15) is 16.1 Å². The largest absolute Gasteiger partial charge is 0.453 e. The number of amides is 1. The molecule has 1 heterocycles. The number of aromatic nitrogens is 1. The van der Waals surface area contributed by atoms with E-state index in [0.29, 0.717) is 5.75 Å². The third kappa shape index (κ3) is 2.79. The Morgan fingerprint density at radius 3 is 2.68 bits per heavy atom. The number of nitrogen functional groups attached to an aromatic ring is 1. The molecule has 0 aliphatic carbocycles. The van der Waals surface area contributed by atoms with Crippen LogP contribution in [0.25, 0.3) is 0 Å². The summed E-state index contributed by atoms with van der Waals surface area (Å²) < 4.78 is 19.0. The van der Waals surface area contributed by atoms with E-state index in [1.807, 2.05) is 6.92 Å². The van der Waals surface area contributed by atoms with Crippen molar-refractivity contribution in [3.63, 3.8) is 0 Å². The minimum Gasteiger partial charge on any atom is -0.453 e. The molecule has 0 spiro atoms. The number of carbonyl (C=O) groups is 1. The number of nitrogens with zero attached hydrogens (tertiary/aromatic N) is 1. The van der Waals surface area contributed by atoms with Crippen molar-refractivity contribution in [1.29, 1.82) is 0 Å². The molecule has 0 bridgehead atoms. The Balaban J connectivity index is 2.37. The molecule has 0 atom stereocenters. The van der Waals surface area contributed by atoms with Crippen LogP contribution in [0, 0.1) is 12.7 Å². The van der Waals surface area contributed by atoms with Crippen LogP contribution in [0.5, 0.6) is 11.5 Å². The Kier molecular flexibility index (Phi) is 3.33. The van der Waals surface area contributed by atoms with E-state index in [0.717, 1.165) is 11.8 Å². The van der Waals surface area contributed by atoms with Crippen LogP contribution >= 0.6 is 0 Å². The molecule has 1 aromatic heterocycles. The number of benzene rings is 1. The first-order valence-electron chi connectivity index (χ1n) is 5.46. The average molecular weight is 261 g/mol. The Labute approximate surface area is 109 Å². The van der Waals surface area contributed by atoms with E-state index in [-0.39, 0.29) is 17.0 Å². The summed E-state index contributed by atoms with van der Waals surface area (Å²) in [6.45, 7) is 1.82. The molecule has 0 aliphatic rings. The SMILES string of the molecule is Cc1ccc(Oc2cc(C(N)=O)c(N)cc2F)cn1. The number of nitrogens with two attached hydrogens (primary N) is 2. The molecule has 0 fully saturated rings. The highest BCUT2D eigenvalue weighted by Gasteiger charge is 2.13. The first-order chi connectivity index (χ1) is 8.97. The van der Waals surface area contributed by atoms with E-state index in [9.17, 15) is 9.18 Å². The van der Waals surface area contributed by atoms with Crippen LogP contribution < -0.4 is 16.2 Å². The summed E-state index contributed by atoms with van der Waals surface area (Å²) in [5.41, 5.74) is 11.4. The van der Waals surface area contributed by atoms with Crippen LogP contribution in [0.3, 0.4) is 0 Å². The van der Waals surface area contributed by atoms with E-state index in [1.54, 1.807) is 12.1 Å². The fraction of sp³-hybridized carbons (Fsp3) is 0.0769. The zero-order valence-corrected chi connectivity index (χ0v) is 10.2. The molecular formula is C13H12FN3O2. The van der Waals surface area contributed by atoms with Gasteiger partial charge in [-0.25, -0.2) is 4.39 Å². The molecule has 0 radical (unpaired) electrons. The van der Waals surface area contributed by atoms with Gasteiger partial charge in [-0.15, -0.1) is 0 Å². The van der Waals surface area contributed by atoms with Gasteiger partial charge in [0.2, 0.25) is 0 Å². The predicted molar refractivity (Wildman–Crippen MR) is 68.4 cm³/mol. The lowest BCUT2D eigenvalue weighted by molar-refractivity contribution is 0.100. The van der Waals surface area contributed by atoms with Crippen LogP contribution in [-0.2, 0) is 0 Å². The lowest BCUT2D eigenvalue weighted by Gasteiger charge is -2.09. The quantitative estimate of drug-likeness (QED) is 0.827. The Morgan fingerprint density at radius 1 is 1.37 bits per heavy atom. The van der Waals surface area contributed by atoms with Gasteiger partial charge in [-0.05, 0) is 25.1 Å². The van der Waals surface area contributed by atoms with Gasteiger partial charge in [0, 0.05) is 17.4 Å². The zero-order chi connectivity index (χ0) is 14.0. The summed E-state index contributed by atoms with van der Waals surface area (Å²) in [6.07, 6.45) is 1.45. The van der Waals surface area contributed by atoms with E-state index in [2.05, 4.69) is 4.98 Å². The number of pyridine rings is 1. The molecule has 0 aliphatic heterocycles. The number of aryl methyl sites for hydroxylation is 1. The molecular weight excluding hydrogens is 249 g/mol. The van der Waals surface area contributed by atoms with Gasteiger partial charge in [-0.2, -0.15) is 0 Å². The van der Waals surface area contributed by atoms with Crippen molar-refractivity contribution in [3.05, 3.63) is 47.5 Å². The van der Waals surface area contributed by atoms with Crippen LogP contribution in [-0.4, -0.2) is 10.9 Å². The fourth-order valence-electron chi connectivity index (χ4n) is 1.50. The highest BCUT2D eigenvalue weighted by atomic mass is 19.1. The highest BCUT2D eigenvalue weighted by molar-refractivity contribution is 5.98. The summed E-state index contributed by atoms with van der Waals surface area (Å²) in [5, 5.41) is 0. The molecule has 19 heavy (non-hydrogen) atoms. The maximum Gasteiger partial charge on any atom is 0.250 e. The molecule has 2 aromatic rings. The monoisotopic (exact) mass is 261 g/mol. The summed E-state index contributed by atoms with van der Waals surface area (Å²) in [4.78, 5) is 15.2. The molecule has 4 N–H and O–H groups in total. The lowest BCUT2D eigenvalue weighted by atomic mass is 10.1. The van der Waals surface area contributed by atoms with Crippen molar-refractivity contribution in [3.8, 4) is 11.5 Å². The van der Waals surface area contributed by atoms with Crippen molar-refractivity contribution in [2.24, 2.45) is 5.73 Å². The second-order valence-corrected chi connectivity index (χ2v) is 3.97. The molecule has 5 nitrogen and oxygen atoms in total. The minimum absolute atomic E-state index is 0.0106. The summed E-state index contributed by atoms with van der Waals surface area (Å²) in [5.74, 6) is -1.20. The topological polar surface area (TPSA) is 91.2 Å². The second kappa shape index (κ2) is 4.93. The highest BCUT2D eigenvalue weighted by Crippen LogP contribution is 2.28. The third-order valence-corrected chi connectivity index (χ3v) is 2.48. The van der Waals surface area contributed by atoms with Crippen LogP contribution in [0.2, 0.25) is 0 Å². The number of anilines is 1. The molecule has 0 unspecified atom stereocenters. The van der Waals surface area contributed by atoms with Crippen molar-refractivity contribution in [1.82, 2.24) is 4.98 Å². The normalized spacial score (nSPS) is 10.2. The van der Waals surface area contributed by atoms with Gasteiger partial charge >= 0.3 is 0 Å². The first kappa shape index (κ1) is 12.8. The molecule has 1 aromatic carbocycles. The van der Waals surface area contributed by atoms with Crippen molar-refractivity contribution in [2.45, 2.75) is 6.92 Å². The number of carbonyl (C=O) groups excluding carboxylic acids is 1. The number of ether oxygens (including phenoxy) is 1. The second-order valence-electron chi connectivity index (χ2n) is 3.97. The summed E-state index contributed by atoms with van der Waals surface area (Å²) in [7, 11) is 0. The first-order valence-corrected chi connectivity index (χ1v) is 5.46. The van der Waals surface area contributed by atoms with Gasteiger partial charge in [0.25, 0.3) is 5.91 Å². The molecule has 2 rings (SSSR count). The Bertz CT molecular complexity index is 627. The minimum atomic E-state index is -0.746. The van der Waals surface area contributed by atoms with Crippen molar-refractivity contribution in [2.75, 3.05) is 5.73 Å². The van der Waals surface area contributed by atoms with Gasteiger partial charge in [-0.3, -0.25) is 9.78 Å². The number of hydrogen-bond acceptors (Lipinski definition) is 4. The van der Waals surface area contributed by atoms with Gasteiger partial charge in [0.1, 0.15) is 5.75 Å². The van der Waals surface area contributed by atoms with Crippen molar-refractivity contribution >= 4 is 11.6 Å². The maximum atomic E-state index is 13.7. The number of primary amides is 1. The third-order valence-electron chi connectivity index (χ3n) is 2.48. The lowest BCUT2D eigenvalue weighted by Crippen LogP contribution is -2.14. The number of hydrogen-bond donors (Lipinski definition) is 2. The summed E-state index contributed by atoms with van der Waals surface area (Å²) >= 11 is 0. The predicted octanol–water partition coefficient (Wildman–Crippen LogP) is 2.00. The Hall–Kier alpha value is -2.63. The molecule has 6 heteroatoms. The molecule has 98 valence electrons. The summed E-state index contributed by atoms with van der Waals surface area (Å²) in [6, 6.07) is 5.53. The molecule has 0 saturated carbocycles. The van der Waals surface area contributed by atoms with E-state index in [1.165, 1.54) is 12.3 Å². The van der Waals surface area contributed by atoms with E-state index in [4.69, 9.17) is 16.2 Å². The van der Waals surface area contributed by atoms with Crippen LogP contribution in [0.4, 0.5) is 10.1 Å². The standard InChI is InChI=1S/C13H12FN3O2/c1-7-2-3-8(6-17-7)19-12-4-9(13(16)18)11(15)5-10(12)14/h2-6H,15H2,1H3,(H2,16,18). The van der Waals surface area contributed by atoms with Gasteiger partial charge in [0.05, 0.1) is 11.8 Å². The van der Waals surface area contributed by atoms with Gasteiger partial charge < -0.3 is 16.2 Å².